The van der Waals surface area contributed by atoms with Crippen LogP contribution >= 0.6 is 15.9 Å². The predicted molar refractivity (Wildman–Crippen MR) is 109 cm³/mol. The quantitative estimate of drug-likeness (QED) is 0.337. The van der Waals surface area contributed by atoms with Crippen LogP contribution in [-0.2, 0) is 6.54 Å². The number of benzene rings is 2. The van der Waals surface area contributed by atoms with Gasteiger partial charge >= 0.3 is 0 Å². The molecule has 29 heavy (non-hydrogen) atoms. The Bertz CT molecular complexity index is 1280. The highest BCUT2D eigenvalue weighted by Gasteiger charge is 2.26. The Morgan fingerprint density at radius 3 is 2.83 bits per heavy atom. The molecule has 0 radical (unpaired) electrons. The molecule has 4 aromatic rings. The van der Waals surface area contributed by atoms with E-state index in [1.165, 1.54) is 12.5 Å². The van der Waals surface area contributed by atoms with Gasteiger partial charge in [0.05, 0.1) is 40.3 Å². The summed E-state index contributed by atoms with van der Waals surface area (Å²) < 4.78 is 8.21. The summed E-state index contributed by atoms with van der Waals surface area (Å²) in [5, 5.41) is 11.6. The number of nitro groups is 1. The molecule has 0 spiro atoms. The zero-order valence-electron chi connectivity index (χ0n) is 14.8. The molecule has 1 aliphatic heterocycles. The summed E-state index contributed by atoms with van der Waals surface area (Å²) in [4.78, 5) is 24.5. The number of halogens is 1. The number of rotatable bonds is 3. The van der Waals surface area contributed by atoms with Crippen molar-refractivity contribution in [2.75, 3.05) is 0 Å². The first-order chi connectivity index (χ1) is 14.1. The average Bonchev–Trinajstić information content (AvgIpc) is 3.35. The normalized spacial score (nSPS) is 12.7. The van der Waals surface area contributed by atoms with Crippen LogP contribution in [-0.4, -0.2) is 25.2 Å². The molecule has 0 atom stereocenters. The number of oxazole rings is 1. The number of nitro benzene ring substituents is 1. The smallest absolute Gasteiger partial charge is 0.278 e. The maximum atomic E-state index is 11.6. The summed E-state index contributed by atoms with van der Waals surface area (Å²) in [7, 11) is 0. The van der Waals surface area contributed by atoms with Gasteiger partial charge in [-0.2, -0.15) is 0 Å². The zero-order valence-corrected chi connectivity index (χ0v) is 16.4. The molecule has 5 rings (SSSR count). The van der Waals surface area contributed by atoms with Crippen molar-refractivity contribution < 1.29 is 9.34 Å². The van der Waals surface area contributed by atoms with E-state index in [9.17, 15) is 10.1 Å². The van der Waals surface area contributed by atoms with E-state index in [4.69, 9.17) is 9.41 Å². The summed E-state index contributed by atoms with van der Waals surface area (Å²) in [5.41, 5.74) is 4.10. The SMILES string of the molecule is O=[N+]([O-])c1ccccc1C1=NCc2c(-c3cnco3)ncn2-c2ccc(Br)cc21. The van der Waals surface area contributed by atoms with Crippen molar-refractivity contribution in [1.82, 2.24) is 14.5 Å². The van der Waals surface area contributed by atoms with Crippen molar-refractivity contribution >= 4 is 27.3 Å². The van der Waals surface area contributed by atoms with Crippen LogP contribution in [0.3, 0.4) is 0 Å². The molecule has 0 saturated heterocycles. The highest BCUT2D eigenvalue weighted by atomic mass is 79.9. The Morgan fingerprint density at radius 2 is 2.03 bits per heavy atom. The maximum Gasteiger partial charge on any atom is 0.278 e. The van der Waals surface area contributed by atoms with Crippen molar-refractivity contribution in [3.8, 4) is 17.1 Å². The minimum absolute atomic E-state index is 0.0114. The molecule has 142 valence electrons. The van der Waals surface area contributed by atoms with E-state index in [-0.39, 0.29) is 17.2 Å². The number of imidazole rings is 1. The summed E-state index contributed by atoms with van der Waals surface area (Å²) in [5.74, 6) is 0.543. The monoisotopic (exact) mass is 449 g/mol. The summed E-state index contributed by atoms with van der Waals surface area (Å²) >= 11 is 3.50. The van der Waals surface area contributed by atoms with E-state index >= 15 is 0 Å². The van der Waals surface area contributed by atoms with Gasteiger partial charge in [0.1, 0.15) is 12.0 Å². The Kier molecular flexibility index (Phi) is 4.09. The molecule has 9 heteroatoms. The van der Waals surface area contributed by atoms with Crippen molar-refractivity contribution in [3.05, 3.63) is 92.8 Å². The van der Waals surface area contributed by atoms with Gasteiger partial charge in [-0.15, -0.1) is 0 Å². The van der Waals surface area contributed by atoms with Crippen molar-refractivity contribution in [3.63, 3.8) is 0 Å². The molecule has 1 aliphatic rings. The number of para-hydroxylation sites is 1. The second kappa shape index (κ2) is 6.78. The number of hydrogen-bond donors (Lipinski definition) is 0. The largest absolute Gasteiger partial charge is 0.442 e. The van der Waals surface area contributed by atoms with Crippen LogP contribution in [0.15, 0.2) is 75.3 Å². The first kappa shape index (κ1) is 17.5. The molecule has 3 heterocycles. The molecular formula is C20H12BrN5O3. The molecule has 0 fully saturated rings. The van der Waals surface area contributed by atoms with Gasteiger partial charge in [-0.05, 0) is 24.3 Å². The highest BCUT2D eigenvalue weighted by molar-refractivity contribution is 9.10. The Balaban J connectivity index is 1.77. The molecule has 0 aliphatic carbocycles. The van der Waals surface area contributed by atoms with Gasteiger partial charge in [-0.1, -0.05) is 28.1 Å². The third kappa shape index (κ3) is 2.87. The maximum absolute atomic E-state index is 11.6. The topological polar surface area (TPSA) is 99.3 Å². The predicted octanol–water partition coefficient (Wildman–Crippen LogP) is 4.55. The van der Waals surface area contributed by atoms with Gasteiger partial charge in [-0.3, -0.25) is 19.7 Å². The van der Waals surface area contributed by atoms with E-state index in [1.54, 1.807) is 30.7 Å². The lowest BCUT2D eigenvalue weighted by Gasteiger charge is -2.12. The van der Waals surface area contributed by atoms with E-state index < -0.39 is 0 Å². The molecular weight excluding hydrogens is 438 g/mol. The first-order valence-electron chi connectivity index (χ1n) is 8.67. The van der Waals surface area contributed by atoms with Crippen LogP contribution < -0.4 is 0 Å². The number of hydrogen-bond acceptors (Lipinski definition) is 6. The van der Waals surface area contributed by atoms with E-state index in [0.29, 0.717) is 22.7 Å². The fourth-order valence-corrected chi connectivity index (χ4v) is 3.84. The second-order valence-electron chi connectivity index (χ2n) is 6.38. The molecule has 2 aromatic carbocycles. The number of aliphatic imine (C=N–C) groups is 1. The average molecular weight is 450 g/mol. The van der Waals surface area contributed by atoms with Crippen LogP contribution in [0.2, 0.25) is 0 Å². The van der Waals surface area contributed by atoms with Gasteiger partial charge in [-0.25, -0.2) is 9.97 Å². The number of aromatic nitrogens is 3. The van der Waals surface area contributed by atoms with E-state index in [2.05, 4.69) is 25.9 Å². The third-order valence-corrected chi connectivity index (χ3v) is 5.24. The van der Waals surface area contributed by atoms with Crippen LogP contribution in [0.5, 0.6) is 0 Å². The minimum Gasteiger partial charge on any atom is -0.442 e. The van der Waals surface area contributed by atoms with E-state index in [1.807, 2.05) is 22.8 Å². The number of nitrogens with zero attached hydrogens (tertiary/aromatic N) is 5. The lowest BCUT2D eigenvalue weighted by molar-refractivity contribution is -0.385. The molecule has 0 amide bonds. The first-order valence-corrected chi connectivity index (χ1v) is 9.46. The number of fused-ring (bicyclic) bond motifs is 3. The standard InChI is InChI=1S/C20H12BrN5O3/c21-12-5-6-15-14(7-12)19(13-3-1-2-4-16(13)26(27)28)23-8-17-20(24-10-25(15)17)18-9-22-11-29-18/h1-7,9-11H,8H2. The minimum atomic E-state index is -0.387. The lowest BCUT2D eigenvalue weighted by atomic mass is 9.99. The van der Waals surface area contributed by atoms with Gasteiger partial charge in [0.15, 0.2) is 12.2 Å². The van der Waals surface area contributed by atoms with Gasteiger partial charge < -0.3 is 4.42 Å². The fourth-order valence-electron chi connectivity index (χ4n) is 3.48. The molecule has 0 bridgehead atoms. The summed E-state index contributed by atoms with van der Waals surface area (Å²) in [6, 6.07) is 12.4. The molecule has 8 nitrogen and oxygen atoms in total. The van der Waals surface area contributed by atoms with Crippen LogP contribution in [0.25, 0.3) is 17.1 Å². The Morgan fingerprint density at radius 1 is 1.17 bits per heavy atom. The zero-order chi connectivity index (χ0) is 20.0. The molecule has 0 unspecified atom stereocenters. The van der Waals surface area contributed by atoms with Crippen LogP contribution in [0.1, 0.15) is 16.8 Å². The molecule has 0 N–H and O–H groups in total. The summed E-state index contributed by atoms with van der Waals surface area (Å²) in [6.45, 7) is 0.281. The van der Waals surface area contributed by atoms with E-state index in [0.717, 1.165) is 21.4 Å². The van der Waals surface area contributed by atoms with Gasteiger partial charge in [0.2, 0.25) is 0 Å². The van der Waals surface area contributed by atoms with Crippen molar-refractivity contribution in [2.24, 2.45) is 4.99 Å². The van der Waals surface area contributed by atoms with Crippen molar-refractivity contribution in [1.29, 1.82) is 0 Å². The lowest BCUT2D eigenvalue weighted by Crippen LogP contribution is -2.09. The second-order valence-corrected chi connectivity index (χ2v) is 7.29. The van der Waals surface area contributed by atoms with Crippen LogP contribution in [0.4, 0.5) is 5.69 Å². The fraction of sp³-hybridized carbons (Fsp3) is 0.0500. The Labute approximate surface area is 172 Å². The van der Waals surface area contributed by atoms with Gasteiger partial charge in [0.25, 0.3) is 5.69 Å². The van der Waals surface area contributed by atoms with Gasteiger partial charge in [0, 0.05) is 16.1 Å². The Hall–Kier alpha value is -3.59. The van der Waals surface area contributed by atoms with Crippen LogP contribution in [0, 0.1) is 10.1 Å². The third-order valence-electron chi connectivity index (χ3n) is 4.75. The molecule has 2 aromatic heterocycles. The molecule has 0 saturated carbocycles. The summed E-state index contributed by atoms with van der Waals surface area (Å²) in [6.07, 6.45) is 4.66. The van der Waals surface area contributed by atoms with Crippen molar-refractivity contribution in [2.45, 2.75) is 6.54 Å². The highest BCUT2D eigenvalue weighted by Crippen LogP contribution is 2.33.